The van der Waals surface area contributed by atoms with Crippen LogP contribution in [0.25, 0.3) is 11.3 Å². The predicted molar refractivity (Wildman–Crippen MR) is 85.9 cm³/mol. The average molecular weight is 340 g/mol. The van der Waals surface area contributed by atoms with Gasteiger partial charge in [0.15, 0.2) is 0 Å². The summed E-state index contributed by atoms with van der Waals surface area (Å²) in [7, 11) is 0. The SMILES string of the molecule is CC(=O)OCCNC(=O)c1snc(-c2ccc(Cl)cc2)c1N. The molecule has 3 N–H and O–H groups in total. The zero-order valence-electron chi connectivity index (χ0n) is 11.8. The maximum Gasteiger partial charge on any atom is 0.302 e. The van der Waals surface area contributed by atoms with E-state index in [9.17, 15) is 9.59 Å². The van der Waals surface area contributed by atoms with Gasteiger partial charge in [0, 0.05) is 17.5 Å². The van der Waals surface area contributed by atoms with Gasteiger partial charge in [0.25, 0.3) is 5.91 Å². The Hall–Kier alpha value is -2.12. The molecule has 0 unspecified atom stereocenters. The minimum absolute atomic E-state index is 0.115. The molecule has 1 aromatic carbocycles. The van der Waals surface area contributed by atoms with Crippen LogP contribution in [0.2, 0.25) is 5.02 Å². The lowest BCUT2D eigenvalue weighted by Gasteiger charge is -2.04. The molecule has 6 nitrogen and oxygen atoms in total. The zero-order chi connectivity index (χ0) is 16.1. The van der Waals surface area contributed by atoms with Crippen LogP contribution in [0.15, 0.2) is 24.3 Å². The number of amides is 1. The summed E-state index contributed by atoms with van der Waals surface area (Å²) in [5, 5.41) is 3.23. The molecule has 0 spiro atoms. The molecule has 0 aliphatic carbocycles. The van der Waals surface area contributed by atoms with Crippen LogP contribution in [0.4, 0.5) is 5.69 Å². The molecule has 0 radical (unpaired) electrons. The van der Waals surface area contributed by atoms with Gasteiger partial charge in [-0.3, -0.25) is 9.59 Å². The first kappa shape index (κ1) is 16.3. The second-order valence-electron chi connectivity index (χ2n) is 4.38. The number of anilines is 1. The number of hydrogen-bond donors (Lipinski definition) is 2. The lowest BCUT2D eigenvalue weighted by atomic mass is 10.1. The fourth-order valence-corrected chi connectivity index (χ4v) is 2.58. The lowest BCUT2D eigenvalue weighted by Crippen LogP contribution is -2.27. The molecule has 0 aliphatic rings. The van der Waals surface area contributed by atoms with Gasteiger partial charge >= 0.3 is 5.97 Å². The highest BCUT2D eigenvalue weighted by Gasteiger charge is 2.18. The Morgan fingerprint density at radius 2 is 2.05 bits per heavy atom. The third-order valence-electron chi connectivity index (χ3n) is 2.74. The van der Waals surface area contributed by atoms with Crippen LogP contribution >= 0.6 is 23.1 Å². The normalized spacial score (nSPS) is 10.3. The summed E-state index contributed by atoms with van der Waals surface area (Å²) in [6.07, 6.45) is 0. The van der Waals surface area contributed by atoms with E-state index < -0.39 is 5.97 Å². The Bertz CT molecular complexity index is 685. The van der Waals surface area contributed by atoms with Gasteiger partial charge in [0.1, 0.15) is 17.2 Å². The van der Waals surface area contributed by atoms with E-state index in [4.69, 9.17) is 22.1 Å². The van der Waals surface area contributed by atoms with Gasteiger partial charge in [-0.25, -0.2) is 0 Å². The molecule has 1 amide bonds. The molecule has 0 saturated heterocycles. The molecule has 0 saturated carbocycles. The van der Waals surface area contributed by atoms with E-state index in [1.54, 1.807) is 24.3 Å². The summed E-state index contributed by atoms with van der Waals surface area (Å²) in [5.41, 5.74) is 7.65. The maximum atomic E-state index is 12.0. The van der Waals surface area contributed by atoms with Crippen LogP contribution < -0.4 is 11.1 Å². The van der Waals surface area contributed by atoms with E-state index in [-0.39, 0.29) is 19.1 Å². The van der Waals surface area contributed by atoms with Crippen molar-refractivity contribution in [3.8, 4) is 11.3 Å². The van der Waals surface area contributed by atoms with Gasteiger partial charge in [-0.15, -0.1) is 0 Å². The molecule has 22 heavy (non-hydrogen) atoms. The van der Waals surface area contributed by atoms with Crippen molar-refractivity contribution in [2.24, 2.45) is 0 Å². The number of nitrogens with one attached hydrogen (secondary N) is 1. The number of hydrogen-bond acceptors (Lipinski definition) is 6. The standard InChI is InChI=1S/C14H14ClN3O3S/c1-8(19)21-7-6-17-14(20)13-11(16)12(18-22-13)9-2-4-10(15)5-3-9/h2-5H,6-7,16H2,1H3,(H,17,20). The molecule has 1 heterocycles. The van der Waals surface area contributed by atoms with Crippen molar-refractivity contribution in [2.75, 3.05) is 18.9 Å². The minimum atomic E-state index is -0.392. The molecule has 2 rings (SSSR count). The maximum absolute atomic E-state index is 12.0. The summed E-state index contributed by atoms with van der Waals surface area (Å²) in [5.74, 6) is -0.737. The minimum Gasteiger partial charge on any atom is -0.464 e. The van der Waals surface area contributed by atoms with E-state index in [1.807, 2.05) is 0 Å². The van der Waals surface area contributed by atoms with Gasteiger partial charge in [0.05, 0.1) is 12.2 Å². The van der Waals surface area contributed by atoms with Gasteiger partial charge in [0.2, 0.25) is 0 Å². The molecule has 116 valence electrons. The van der Waals surface area contributed by atoms with Crippen LogP contribution in [0.3, 0.4) is 0 Å². The van der Waals surface area contributed by atoms with Crippen molar-refractivity contribution in [2.45, 2.75) is 6.92 Å². The van der Waals surface area contributed by atoms with Gasteiger partial charge < -0.3 is 15.8 Å². The molecule has 2 aromatic rings. The topological polar surface area (TPSA) is 94.3 Å². The van der Waals surface area contributed by atoms with Gasteiger partial charge in [-0.05, 0) is 23.7 Å². The lowest BCUT2D eigenvalue weighted by molar-refractivity contribution is -0.140. The largest absolute Gasteiger partial charge is 0.464 e. The molecule has 0 atom stereocenters. The summed E-state index contributed by atoms with van der Waals surface area (Å²) < 4.78 is 8.96. The van der Waals surface area contributed by atoms with Crippen molar-refractivity contribution in [3.05, 3.63) is 34.2 Å². The molecule has 8 heteroatoms. The molecule has 0 bridgehead atoms. The van der Waals surface area contributed by atoms with Crippen molar-refractivity contribution < 1.29 is 14.3 Å². The fraction of sp³-hybridized carbons (Fsp3) is 0.214. The summed E-state index contributed by atoms with van der Waals surface area (Å²) in [4.78, 5) is 23.0. The van der Waals surface area contributed by atoms with Crippen LogP contribution in [-0.2, 0) is 9.53 Å². The first-order chi connectivity index (χ1) is 10.5. The van der Waals surface area contributed by atoms with E-state index in [1.165, 1.54) is 6.92 Å². The average Bonchev–Trinajstić information content (AvgIpc) is 2.86. The Morgan fingerprint density at radius 3 is 2.68 bits per heavy atom. The first-order valence-electron chi connectivity index (χ1n) is 6.41. The summed E-state index contributed by atoms with van der Waals surface area (Å²) in [6.45, 7) is 1.64. The molecule has 1 aromatic heterocycles. The quantitative estimate of drug-likeness (QED) is 0.644. The Morgan fingerprint density at radius 1 is 1.36 bits per heavy atom. The Kier molecular flexibility index (Phi) is 5.35. The highest BCUT2D eigenvalue weighted by atomic mass is 35.5. The molecule has 0 fully saturated rings. The van der Waals surface area contributed by atoms with E-state index in [0.717, 1.165) is 17.1 Å². The number of aromatic nitrogens is 1. The number of nitrogens with two attached hydrogens (primary N) is 1. The number of halogens is 1. The van der Waals surface area contributed by atoms with Crippen molar-refractivity contribution in [1.29, 1.82) is 0 Å². The third-order valence-corrected chi connectivity index (χ3v) is 3.86. The zero-order valence-corrected chi connectivity index (χ0v) is 13.3. The number of ether oxygens (including phenoxy) is 1. The van der Waals surface area contributed by atoms with E-state index in [0.29, 0.717) is 21.3 Å². The van der Waals surface area contributed by atoms with Gasteiger partial charge in [-0.2, -0.15) is 4.37 Å². The number of rotatable bonds is 5. The monoisotopic (exact) mass is 339 g/mol. The van der Waals surface area contributed by atoms with Gasteiger partial charge in [-0.1, -0.05) is 23.7 Å². The van der Waals surface area contributed by atoms with E-state index >= 15 is 0 Å². The number of benzene rings is 1. The van der Waals surface area contributed by atoms with Crippen LogP contribution in [0, 0.1) is 0 Å². The number of carbonyl (C=O) groups excluding carboxylic acids is 2. The Balaban J connectivity index is 2.05. The number of esters is 1. The van der Waals surface area contributed by atoms with E-state index in [2.05, 4.69) is 9.69 Å². The van der Waals surface area contributed by atoms with Crippen LogP contribution in [-0.4, -0.2) is 29.4 Å². The summed E-state index contributed by atoms with van der Waals surface area (Å²) in [6, 6.07) is 7.04. The van der Waals surface area contributed by atoms with Crippen LogP contribution in [0.1, 0.15) is 16.6 Å². The third kappa shape index (κ3) is 3.96. The van der Waals surface area contributed by atoms with Crippen LogP contribution in [0.5, 0.6) is 0 Å². The fourth-order valence-electron chi connectivity index (χ4n) is 1.72. The molecular weight excluding hydrogens is 326 g/mol. The second-order valence-corrected chi connectivity index (χ2v) is 5.59. The van der Waals surface area contributed by atoms with Crippen molar-refractivity contribution in [1.82, 2.24) is 9.69 Å². The molecular formula is C14H14ClN3O3S. The Labute approximate surface area is 136 Å². The number of carbonyl (C=O) groups is 2. The van der Waals surface area contributed by atoms with Crippen molar-refractivity contribution in [3.63, 3.8) is 0 Å². The van der Waals surface area contributed by atoms with Crippen molar-refractivity contribution >= 4 is 40.7 Å². The smallest absolute Gasteiger partial charge is 0.302 e. The summed E-state index contributed by atoms with van der Waals surface area (Å²) >= 11 is 6.86. The number of nitrogens with zero attached hydrogens (tertiary/aromatic N) is 1. The highest BCUT2D eigenvalue weighted by molar-refractivity contribution is 7.09. The second kappa shape index (κ2) is 7.24. The molecule has 0 aliphatic heterocycles. The highest BCUT2D eigenvalue weighted by Crippen LogP contribution is 2.31. The first-order valence-corrected chi connectivity index (χ1v) is 7.57. The number of nitrogen functional groups attached to an aromatic ring is 1. The predicted octanol–water partition coefficient (Wildman–Crippen LogP) is 2.34.